The highest BCUT2D eigenvalue weighted by molar-refractivity contribution is 4.76. The van der Waals surface area contributed by atoms with Gasteiger partial charge in [0.2, 0.25) is 0 Å². The summed E-state index contributed by atoms with van der Waals surface area (Å²) in [6.07, 6.45) is 6.07. The molecule has 1 rings (SSSR count). The summed E-state index contributed by atoms with van der Waals surface area (Å²) in [7, 11) is 0. The van der Waals surface area contributed by atoms with Crippen LogP contribution in [-0.2, 0) is 4.74 Å². The molecule has 1 aliphatic rings. The van der Waals surface area contributed by atoms with Crippen molar-refractivity contribution in [2.75, 3.05) is 0 Å². The van der Waals surface area contributed by atoms with Crippen molar-refractivity contribution in [2.24, 2.45) is 17.8 Å². The van der Waals surface area contributed by atoms with Gasteiger partial charge in [-0.15, -0.1) is 0 Å². The fourth-order valence-electron chi connectivity index (χ4n) is 2.96. The van der Waals surface area contributed by atoms with E-state index >= 15 is 0 Å². The maximum atomic E-state index is 6.24. The van der Waals surface area contributed by atoms with E-state index < -0.39 is 0 Å². The van der Waals surface area contributed by atoms with E-state index in [1.165, 1.54) is 19.3 Å². The summed E-state index contributed by atoms with van der Waals surface area (Å²) in [4.78, 5) is 0. The normalized spacial score (nSPS) is 34.4. The van der Waals surface area contributed by atoms with Crippen molar-refractivity contribution in [2.45, 2.75) is 72.5 Å². The lowest BCUT2D eigenvalue weighted by atomic mass is 9.81. The van der Waals surface area contributed by atoms with Crippen LogP contribution in [0.2, 0.25) is 0 Å². The molecule has 0 aromatic heterocycles. The second-order valence-electron chi connectivity index (χ2n) is 5.87. The van der Waals surface area contributed by atoms with E-state index in [9.17, 15) is 0 Å². The van der Waals surface area contributed by atoms with Gasteiger partial charge in [0, 0.05) is 0 Å². The van der Waals surface area contributed by atoms with Crippen LogP contribution in [0.4, 0.5) is 0 Å². The molecule has 0 bridgehead atoms. The molecule has 1 nitrogen and oxygen atoms in total. The molecule has 0 aliphatic heterocycles. The third-order valence-electron chi connectivity index (χ3n) is 3.65. The van der Waals surface area contributed by atoms with E-state index in [0.29, 0.717) is 18.1 Å². The lowest BCUT2D eigenvalue weighted by Gasteiger charge is -2.34. The summed E-state index contributed by atoms with van der Waals surface area (Å²) in [5, 5.41) is 0. The maximum Gasteiger partial charge on any atom is 0.0599 e. The van der Waals surface area contributed by atoms with Gasteiger partial charge in [-0.05, 0) is 43.4 Å². The highest BCUT2D eigenvalue weighted by Gasteiger charge is 2.27. The van der Waals surface area contributed by atoms with Crippen molar-refractivity contribution in [1.29, 1.82) is 0 Å². The Morgan fingerprint density at radius 1 is 1.07 bits per heavy atom. The van der Waals surface area contributed by atoms with E-state index in [0.717, 1.165) is 18.3 Å². The topological polar surface area (TPSA) is 9.23 Å². The van der Waals surface area contributed by atoms with Gasteiger partial charge < -0.3 is 4.74 Å². The predicted molar refractivity (Wildman–Crippen MR) is 66.0 cm³/mol. The van der Waals surface area contributed by atoms with Crippen LogP contribution >= 0.6 is 0 Å². The van der Waals surface area contributed by atoms with Crippen molar-refractivity contribution in [3.63, 3.8) is 0 Å². The Morgan fingerprint density at radius 3 is 2.00 bits per heavy atom. The first-order chi connectivity index (χ1) is 7.02. The Balaban J connectivity index is 2.42. The molecule has 0 heterocycles. The zero-order chi connectivity index (χ0) is 11.4. The van der Waals surface area contributed by atoms with Gasteiger partial charge in [-0.1, -0.05) is 34.6 Å². The molecule has 1 aliphatic carbocycles. The molecule has 0 aromatic carbocycles. The monoisotopic (exact) mass is 212 g/mol. The molecule has 0 amide bonds. The van der Waals surface area contributed by atoms with Crippen LogP contribution < -0.4 is 0 Å². The molecule has 1 saturated carbocycles. The molecule has 1 fully saturated rings. The minimum atomic E-state index is 0.465. The summed E-state index contributed by atoms with van der Waals surface area (Å²) >= 11 is 0. The average molecular weight is 212 g/mol. The van der Waals surface area contributed by atoms with E-state index in [1.807, 2.05) is 0 Å². The molecule has 0 N–H and O–H groups in total. The fraction of sp³-hybridized carbons (Fsp3) is 1.00. The standard InChI is InChI=1S/C14H28O/c1-6-14(10(2)3)15-13-8-11(4)7-12(5)9-13/h10-14H,6-9H2,1-5H3/t11?,12?,13?,14-/m0/s1. The first kappa shape index (κ1) is 13.0. The summed E-state index contributed by atoms with van der Waals surface area (Å²) < 4.78 is 6.24. The molecule has 1 heteroatoms. The Hall–Kier alpha value is -0.0400. The molecule has 0 saturated heterocycles. The summed E-state index contributed by atoms with van der Waals surface area (Å²) in [5.41, 5.74) is 0. The molecular weight excluding hydrogens is 184 g/mol. The average Bonchev–Trinajstić information content (AvgIpc) is 2.12. The van der Waals surface area contributed by atoms with Gasteiger partial charge in [0.1, 0.15) is 0 Å². The number of hydrogen-bond acceptors (Lipinski definition) is 1. The van der Waals surface area contributed by atoms with Crippen LogP contribution in [0, 0.1) is 17.8 Å². The smallest absolute Gasteiger partial charge is 0.0599 e. The van der Waals surface area contributed by atoms with Gasteiger partial charge in [-0.25, -0.2) is 0 Å². The Kier molecular flexibility index (Phi) is 5.11. The molecular formula is C14H28O. The second-order valence-corrected chi connectivity index (χ2v) is 5.87. The Morgan fingerprint density at radius 2 is 1.60 bits per heavy atom. The molecule has 15 heavy (non-hydrogen) atoms. The van der Waals surface area contributed by atoms with Gasteiger partial charge in [0.05, 0.1) is 12.2 Å². The highest BCUT2D eigenvalue weighted by atomic mass is 16.5. The van der Waals surface area contributed by atoms with E-state index in [1.54, 1.807) is 0 Å². The van der Waals surface area contributed by atoms with Gasteiger partial charge in [0.15, 0.2) is 0 Å². The van der Waals surface area contributed by atoms with Crippen molar-refractivity contribution in [3.8, 4) is 0 Å². The van der Waals surface area contributed by atoms with Gasteiger partial charge in [-0.2, -0.15) is 0 Å². The van der Waals surface area contributed by atoms with E-state index in [-0.39, 0.29) is 0 Å². The van der Waals surface area contributed by atoms with Crippen LogP contribution in [0.5, 0.6) is 0 Å². The fourth-order valence-corrected chi connectivity index (χ4v) is 2.96. The van der Waals surface area contributed by atoms with Crippen LogP contribution in [0.25, 0.3) is 0 Å². The largest absolute Gasteiger partial charge is 0.375 e. The third-order valence-corrected chi connectivity index (χ3v) is 3.65. The molecule has 2 unspecified atom stereocenters. The van der Waals surface area contributed by atoms with Gasteiger partial charge in [-0.3, -0.25) is 0 Å². The number of ether oxygens (including phenoxy) is 1. The van der Waals surface area contributed by atoms with Crippen molar-refractivity contribution >= 4 is 0 Å². The number of rotatable bonds is 4. The van der Waals surface area contributed by atoms with Gasteiger partial charge in [0.25, 0.3) is 0 Å². The van der Waals surface area contributed by atoms with Gasteiger partial charge >= 0.3 is 0 Å². The second kappa shape index (κ2) is 5.89. The third kappa shape index (κ3) is 4.14. The molecule has 3 atom stereocenters. The predicted octanol–water partition coefficient (Wildman–Crippen LogP) is 4.26. The Labute approximate surface area is 95.6 Å². The van der Waals surface area contributed by atoms with Crippen LogP contribution in [-0.4, -0.2) is 12.2 Å². The molecule has 0 radical (unpaired) electrons. The minimum absolute atomic E-state index is 0.465. The maximum absolute atomic E-state index is 6.24. The van der Waals surface area contributed by atoms with E-state index in [2.05, 4.69) is 34.6 Å². The quantitative estimate of drug-likeness (QED) is 0.676. The molecule has 0 spiro atoms. The zero-order valence-electron chi connectivity index (χ0n) is 11.1. The Bertz CT molecular complexity index is 166. The minimum Gasteiger partial charge on any atom is -0.375 e. The summed E-state index contributed by atoms with van der Waals surface area (Å²) in [6.45, 7) is 11.5. The van der Waals surface area contributed by atoms with E-state index in [4.69, 9.17) is 4.74 Å². The lowest BCUT2D eigenvalue weighted by Crippen LogP contribution is -2.32. The van der Waals surface area contributed by atoms with Crippen LogP contribution in [0.3, 0.4) is 0 Å². The SMILES string of the molecule is CC[C@H](OC1CC(C)CC(C)C1)C(C)C. The number of hydrogen-bond donors (Lipinski definition) is 0. The highest BCUT2D eigenvalue weighted by Crippen LogP contribution is 2.31. The van der Waals surface area contributed by atoms with Crippen LogP contribution in [0.15, 0.2) is 0 Å². The summed E-state index contributed by atoms with van der Waals surface area (Å²) in [5.74, 6) is 2.36. The molecule has 90 valence electrons. The lowest BCUT2D eigenvalue weighted by molar-refractivity contribution is -0.0681. The molecule has 0 aromatic rings. The van der Waals surface area contributed by atoms with Crippen molar-refractivity contribution in [3.05, 3.63) is 0 Å². The van der Waals surface area contributed by atoms with Crippen LogP contribution in [0.1, 0.15) is 60.3 Å². The zero-order valence-corrected chi connectivity index (χ0v) is 11.1. The first-order valence-electron chi connectivity index (χ1n) is 6.68. The van der Waals surface area contributed by atoms with Crippen molar-refractivity contribution < 1.29 is 4.74 Å². The van der Waals surface area contributed by atoms with Crippen molar-refractivity contribution in [1.82, 2.24) is 0 Å². The first-order valence-corrected chi connectivity index (χ1v) is 6.68. The summed E-state index contributed by atoms with van der Waals surface area (Å²) in [6, 6.07) is 0.